The molecule has 0 aliphatic heterocycles. The van der Waals surface area contributed by atoms with Gasteiger partial charge in [-0.05, 0) is 29.8 Å². The lowest BCUT2D eigenvalue weighted by Gasteiger charge is -2.11. The first-order valence-corrected chi connectivity index (χ1v) is 7.09. The molecule has 0 aliphatic carbocycles. The van der Waals surface area contributed by atoms with E-state index in [0.717, 1.165) is 11.1 Å². The Balaban J connectivity index is 2.02. The number of carbonyl (C=O) groups is 1. The number of carbonyl (C=O) groups excluding carboxylic acids is 1. The summed E-state index contributed by atoms with van der Waals surface area (Å²) in [7, 11) is 0. The lowest BCUT2D eigenvalue weighted by molar-refractivity contribution is 0.102. The van der Waals surface area contributed by atoms with Crippen LogP contribution in [0.4, 0.5) is 5.69 Å². The third kappa shape index (κ3) is 3.09. The van der Waals surface area contributed by atoms with Crippen LogP contribution in [0.2, 0.25) is 0 Å². The normalized spacial score (nSPS) is 9.87. The lowest BCUT2D eigenvalue weighted by atomic mass is 9.95. The van der Waals surface area contributed by atoms with Crippen molar-refractivity contribution in [3.05, 3.63) is 84.2 Å². The zero-order chi connectivity index (χ0) is 16.1. The van der Waals surface area contributed by atoms with Gasteiger partial charge in [0, 0.05) is 29.2 Å². The second kappa shape index (κ2) is 6.54. The van der Waals surface area contributed by atoms with E-state index in [9.17, 15) is 10.1 Å². The number of aromatic nitrogens is 1. The highest BCUT2D eigenvalue weighted by atomic mass is 16.1. The Morgan fingerprint density at radius 1 is 0.913 bits per heavy atom. The highest BCUT2D eigenvalue weighted by Crippen LogP contribution is 2.27. The van der Waals surface area contributed by atoms with Gasteiger partial charge in [0.2, 0.25) is 0 Å². The van der Waals surface area contributed by atoms with Gasteiger partial charge in [0.05, 0.1) is 11.6 Å². The Morgan fingerprint density at radius 3 is 2.30 bits per heavy atom. The first-order chi connectivity index (χ1) is 11.3. The van der Waals surface area contributed by atoms with Crippen LogP contribution in [0.25, 0.3) is 11.1 Å². The topological polar surface area (TPSA) is 65.8 Å². The van der Waals surface area contributed by atoms with Crippen molar-refractivity contribution in [2.24, 2.45) is 0 Å². The van der Waals surface area contributed by atoms with E-state index in [4.69, 9.17) is 0 Å². The number of benzene rings is 2. The van der Waals surface area contributed by atoms with Crippen molar-refractivity contribution in [1.82, 2.24) is 4.98 Å². The predicted molar refractivity (Wildman–Crippen MR) is 88.8 cm³/mol. The number of hydrogen-bond donors (Lipinski definition) is 1. The fraction of sp³-hybridized carbons (Fsp3) is 0. The molecule has 3 aromatic rings. The average Bonchev–Trinajstić information content (AvgIpc) is 2.62. The molecule has 2 aromatic carbocycles. The van der Waals surface area contributed by atoms with Crippen molar-refractivity contribution in [2.75, 3.05) is 5.32 Å². The summed E-state index contributed by atoms with van der Waals surface area (Å²) in [5.41, 5.74) is 3.21. The highest BCUT2D eigenvalue weighted by Gasteiger charge is 2.14. The molecule has 0 radical (unpaired) electrons. The zero-order valence-corrected chi connectivity index (χ0v) is 12.2. The quantitative estimate of drug-likeness (QED) is 0.798. The minimum Gasteiger partial charge on any atom is -0.322 e. The van der Waals surface area contributed by atoms with E-state index in [0.29, 0.717) is 16.8 Å². The molecular formula is C19H13N3O. The number of pyridine rings is 1. The average molecular weight is 299 g/mol. The van der Waals surface area contributed by atoms with Crippen LogP contribution in [0, 0.1) is 11.3 Å². The summed E-state index contributed by atoms with van der Waals surface area (Å²) >= 11 is 0. The minimum atomic E-state index is -0.223. The highest BCUT2D eigenvalue weighted by molar-refractivity contribution is 6.09. The van der Waals surface area contributed by atoms with E-state index in [1.54, 1.807) is 42.7 Å². The number of nitrogens with zero attached hydrogens (tertiary/aromatic N) is 2. The largest absolute Gasteiger partial charge is 0.322 e. The van der Waals surface area contributed by atoms with E-state index in [2.05, 4.69) is 16.4 Å². The van der Waals surface area contributed by atoms with Gasteiger partial charge in [0.1, 0.15) is 0 Å². The monoisotopic (exact) mass is 299 g/mol. The van der Waals surface area contributed by atoms with Crippen molar-refractivity contribution >= 4 is 11.6 Å². The molecule has 0 aliphatic rings. The van der Waals surface area contributed by atoms with Gasteiger partial charge in [-0.15, -0.1) is 0 Å². The lowest BCUT2D eigenvalue weighted by Crippen LogP contribution is -2.13. The fourth-order valence-electron chi connectivity index (χ4n) is 2.37. The molecule has 1 aromatic heterocycles. The maximum Gasteiger partial charge on any atom is 0.256 e. The molecule has 4 nitrogen and oxygen atoms in total. The van der Waals surface area contributed by atoms with E-state index >= 15 is 0 Å². The molecule has 3 rings (SSSR count). The first kappa shape index (κ1) is 14.5. The van der Waals surface area contributed by atoms with Crippen molar-refractivity contribution < 1.29 is 4.79 Å². The van der Waals surface area contributed by atoms with Gasteiger partial charge in [0.25, 0.3) is 5.91 Å². The number of nitrogens with one attached hydrogen (secondary N) is 1. The molecule has 4 heteroatoms. The Hall–Kier alpha value is -3.45. The van der Waals surface area contributed by atoms with E-state index in [-0.39, 0.29) is 5.91 Å². The molecule has 0 fully saturated rings. The second-order valence-electron chi connectivity index (χ2n) is 4.89. The second-order valence-corrected chi connectivity index (χ2v) is 4.89. The van der Waals surface area contributed by atoms with Gasteiger partial charge < -0.3 is 5.32 Å². The maximum absolute atomic E-state index is 12.6. The number of hydrogen-bond acceptors (Lipinski definition) is 3. The van der Waals surface area contributed by atoms with Crippen molar-refractivity contribution in [3.8, 4) is 17.2 Å². The van der Waals surface area contributed by atoms with Crippen LogP contribution in [-0.4, -0.2) is 10.9 Å². The molecule has 0 atom stereocenters. The number of nitriles is 1. The third-order valence-corrected chi connectivity index (χ3v) is 3.45. The Kier molecular flexibility index (Phi) is 4.12. The van der Waals surface area contributed by atoms with Crippen LogP contribution in [-0.2, 0) is 0 Å². The molecule has 110 valence electrons. The van der Waals surface area contributed by atoms with Crippen LogP contribution < -0.4 is 5.32 Å². The molecule has 1 N–H and O–H groups in total. The first-order valence-electron chi connectivity index (χ1n) is 7.09. The Morgan fingerprint density at radius 2 is 1.57 bits per heavy atom. The van der Waals surface area contributed by atoms with Crippen LogP contribution in [0.3, 0.4) is 0 Å². The summed E-state index contributed by atoms with van der Waals surface area (Å²) in [6, 6.07) is 20.1. The summed E-state index contributed by atoms with van der Waals surface area (Å²) in [6.07, 6.45) is 3.24. The Labute approximate surface area is 134 Å². The number of rotatable bonds is 3. The SMILES string of the molecule is N#Cc1ccccc1-c1ccccc1C(=O)Nc1ccncc1. The number of amides is 1. The smallest absolute Gasteiger partial charge is 0.256 e. The molecular weight excluding hydrogens is 286 g/mol. The van der Waals surface area contributed by atoms with Crippen LogP contribution in [0.5, 0.6) is 0 Å². The van der Waals surface area contributed by atoms with Gasteiger partial charge in [-0.2, -0.15) is 5.26 Å². The zero-order valence-electron chi connectivity index (χ0n) is 12.2. The van der Waals surface area contributed by atoms with Gasteiger partial charge in [-0.25, -0.2) is 0 Å². The van der Waals surface area contributed by atoms with Crippen LogP contribution >= 0.6 is 0 Å². The molecule has 0 saturated carbocycles. The minimum absolute atomic E-state index is 0.223. The molecule has 0 spiro atoms. The van der Waals surface area contributed by atoms with Crippen molar-refractivity contribution in [2.45, 2.75) is 0 Å². The molecule has 1 heterocycles. The molecule has 1 amide bonds. The Bertz CT molecular complexity index is 882. The number of anilines is 1. The van der Waals surface area contributed by atoms with E-state index in [1.807, 2.05) is 30.3 Å². The summed E-state index contributed by atoms with van der Waals surface area (Å²) in [5.74, 6) is -0.223. The van der Waals surface area contributed by atoms with Crippen molar-refractivity contribution in [3.63, 3.8) is 0 Å². The summed E-state index contributed by atoms with van der Waals surface area (Å²) < 4.78 is 0. The van der Waals surface area contributed by atoms with Crippen LogP contribution in [0.1, 0.15) is 15.9 Å². The maximum atomic E-state index is 12.6. The predicted octanol–water partition coefficient (Wildman–Crippen LogP) is 3.87. The van der Waals surface area contributed by atoms with E-state index in [1.165, 1.54) is 0 Å². The summed E-state index contributed by atoms with van der Waals surface area (Å²) in [5, 5.41) is 12.1. The van der Waals surface area contributed by atoms with Gasteiger partial charge in [0.15, 0.2) is 0 Å². The molecule has 0 saturated heterocycles. The molecule has 0 unspecified atom stereocenters. The third-order valence-electron chi connectivity index (χ3n) is 3.45. The van der Waals surface area contributed by atoms with Crippen molar-refractivity contribution in [1.29, 1.82) is 5.26 Å². The molecule has 23 heavy (non-hydrogen) atoms. The summed E-state index contributed by atoms with van der Waals surface area (Å²) in [6.45, 7) is 0. The van der Waals surface area contributed by atoms with Gasteiger partial charge in [-0.1, -0.05) is 36.4 Å². The van der Waals surface area contributed by atoms with Crippen LogP contribution in [0.15, 0.2) is 73.1 Å². The standard InChI is InChI=1S/C19H13N3O/c20-13-14-5-1-2-6-16(14)17-7-3-4-8-18(17)19(23)22-15-9-11-21-12-10-15/h1-12H,(H,21,22,23). The summed E-state index contributed by atoms with van der Waals surface area (Å²) in [4.78, 5) is 16.5. The van der Waals surface area contributed by atoms with E-state index < -0.39 is 0 Å². The van der Waals surface area contributed by atoms with Gasteiger partial charge >= 0.3 is 0 Å². The van der Waals surface area contributed by atoms with Gasteiger partial charge in [-0.3, -0.25) is 9.78 Å². The fourth-order valence-corrected chi connectivity index (χ4v) is 2.37. The molecule has 0 bridgehead atoms.